The van der Waals surface area contributed by atoms with Gasteiger partial charge in [-0.05, 0) is 58.5 Å². The molecule has 2 fully saturated rings. The highest BCUT2D eigenvalue weighted by Gasteiger charge is 2.64. The first kappa shape index (κ1) is 15.8. The average Bonchev–Trinajstić information content (AvgIpc) is 2.88. The van der Waals surface area contributed by atoms with Crippen LogP contribution in [0.1, 0.15) is 53.4 Å². The average molecular weight is 265 g/mol. The number of hydrogen-bond donors (Lipinski definition) is 0. The third-order valence-electron chi connectivity index (χ3n) is 4.33. The monoisotopic (exact) mass is 265 g/mol. The van der Waals surface area contributed by atoms with Crippen LogP contribution in [0.3, 0.4) is 0 Å². The summed E-state index contributed by atoms with van der Waals surface area (Å²) in [5.41, 5.74) is -1.31. The second-order valence-corrected chi connectivity index (χ2v) is 6.15. The Labute approximate surface area is 109 Å². The molecule has 1 saturated heterocycles. The first-order valence-corrected chi connectivity index (χ1v) is 7.01. The third-order valence-corrected chi connectivity index (χ3v) is 4.33. The van der Waals surface area contributed by atoms with Gasteiger partial charge in [-0.2, -0.15) is 13.2 Å². The molecule has 1 aliphatic carbocycles. The van der Waals surface area contributed by atoms with E-state index in [1.165, 1.54) is 25.9 Å². The second-order valence-electron chi connectivity index (χ2n) is 6.15. The topological polar surface area (TPSA) is 3.24 Å². The smallest absolute Gasteiger partial charge is 0.301 e. The molecular formula is C14H26F3N. The molecular weight excluding hydrogens is 239 g/mol. The fourth-order valence-corrected chi connectivity index (χ4v) is 2.58. The fourth-order valence-electron chi connectivity index (χ4n) is 2.58. The number of nitrogens with zero attached hydrogens (tertiary/aromatic N) is 1. The van der Waals surface area contributed by atoms with Crippen molar-refractivity contribution in [2.75, 3.05) is 13.1 Å². The molecule has 1 saturated carbocycles. The SMILES string of the molecule is CC(C)C1(C(F)(F)F)CC1.CC(C)N1CCCC1. The van der Waals surface area contributed by atoms with Gasteiger partial charge in [0.25, 0.3) is 0 Å². The van der Waals surface area contributed by atoms with E-state index >= 15 is 0 Å². The number of hydrogen-bond acceptors (Lipinski definition) is 1. The molecule has 108 valence electrons. The maximum atomic E-state index is 12.1. The lowest BCUT2D eigenvalue weighted by molar-refractivity contribution is -0.199. The molecule has 0 atom stereocenters. The van der Waals surface area contributed by atoms with Gasteiger partial charge < -0.3 is 4.90 Å². The van der Waals surface area contributed by atoms with Gasteiger partial charge in [0.1, 0.15) is 0 Å². The van der Waals surface area contributed by atoms with Crippen molar-refractivity contribution in [1.29, 1.82) is 0 Å². The van der Waals surface area contributed by atoms with Crippen molar-refractivity contribution in [2.24, 2.45) is 11.3 Å². The second kappa shape index (κ2) is 5.81. The van der Waals surface area contributed by atoms with Crippen molar-refractivity contribution in [3.63, 3.8) is 0 Å². The van der Waals surface area contributed by atoms with Crippen LogP contribution in [0, 0.1) is 11.3 Å². The zero-order valence-electron chi connectivity index (χ0n) is 12.0. The molecule has 0 amide bonds. The van der Waals surface area contributed by atoms with E-state index in [0.717, 1.165) is 6.04 Å². The molecule has 0 aromatic heterocycles. The van der Waals surface area contributed by atoms with Gasteiger partial charge in [0.15, 0.2) is 0 Å². The highest BCUT2D eigenvalue weighted by Crippen LogP contribution is 2.62. The molecule has 1 heterocycles. The molecule has 0 aromatic rings. The Balaban J connectivity index is 0.000000184. The molecule has 18 heavy (non-hydrogen) atoms. The van der Waals surface area contributed by atoms with Gasteiger partial charge in [-0.3, -0.25) is 0 Å². The van der Waals surface area contributed by atoms with Crippen LogP contribution in [0.5, 0.6) is 0 Å². The van der Waals surface area contributed by atoms with Gasteiger partial charge in [0.2, 0.25) is 0 Å². The van der Waals surface area contributed by atoms with Crippen LogP contribution in [-0.4, -0.2) is 30.2 Å². The predicted molar refractivity (Wildman–Crippen MR) is 68.5 cm³/mol. The van der Waals surface area contributed by atoms with E-state index in [2.05, 4.69) is 18.7 Å². The molecule has 1 nitrogen and oxygen atoms in total. The van der Waals surface area contributed by atoms with Crippen molar-refractivity contribution in [2.45, 2.75) is 65.6 Å². The van der Waals surface area contributed by atoms with Crippen molar-refractivity contribution in [1.82, 2.24) is 4.90 Å². The summed E-state index contributed by atoms with van der Waals surface area (Å²) in [6, 6.07) is 0.775. The summed E-state index contributed by atoms with van der Waals surface area (Å²) in [6.07, 6.45) is -0.486. The van der Waals surface area contributed by atoms with Gasteiger partial charge in [-0.15, -0.1) is 0 Å². The van der Waals surface area contributed by atoms with Gasteiger partial charge in [-0.25, -0.2) is 0 Å². The summed E-state index contributed by atoms with van der Waals surface area (Å²) in [5, 5.41) is 0. The minimum Gasteiger partial charge on any atom is -0.301 e. The molecule has 0 N–H and O–H groups in total. The summed E-state index contributed by atoms with van der Waals surface area (Å²) in [6.45, 7) is 10.5. The molecule has 0 unspecified atom stereocenters. The fraction of sp³-hybridized carbons (Fsp3) is 1.00. The lowest BCUT2D eigenvalue weighted by Gasteiger charge is -2.22. The molecule has 4 heteroatoms. The van der Waals surface area contributed by atoms with Crippen molar-refractivity contribution >= 4 is 0 Å². The van der Waals surface area contributed by atoms with Gasteiger partial charge >= 0.3 is 6.18 Å². The van der Waals surface area contributed by atoms with Crippen molar-refractivity contribution in [3.8, 4) is 0 Å². The number of rotatable bonds is 2. The van der Waals surface area contributed by atoms with Crippen LogP contribution in [-0.2, 0) is 0 Å². The molecule has 1 aliphatic heterocycles. The number of alkyl halides is 3. The summed E-state index contributed by atoms with van der Waals surface area (Å²) in [7, 11) is 0. The van der Waals surface area contributed by atoms with Crippen LogP contribution in [0.15, 0.2) is 0 Å². The lowest BCUT2D eigenvalue weighted by Crippen LogP contribution is -2.29. The Morgan fingerprint density at radius 1 is 0.944 bits per heavy atom. The van der Waals surface area contributed by atoms with Crippen LogP contribution < -0.4 is 0 Å². The van der Waals surface area contributed by atoms with E-state index < -0.39 is 11.6 Å². The van der Waals surface area contributed by atoms with Crippen molar-refractivity contribution < 1.29 is 13.2 Å². The van der Waals surface area contributed by atoms with Gasteiger partial charge in [0.05, 0.1) is 5.41 Å². The largest absolute Gasteiger partial charge is 0.394 e. The lowest BCUT2D eigenvalue weighted by atomic mass is 9.92. The predicted octanol–water partition coefficient (Wildman–Crippen LogP) is 4.48. The molecule has 2 aliphatic rings. The first-order valence-electron chi connectivity index (χ1n) is 7.01. The summed E-state index contributed by atoms with van der Waals surface area (Å²) in [5.74, 6) is -0.257. The zero-order valence-corrected chi connectivity index (χ0v) is 12.0. The highest BCUT2D eigenvalue weighted by atomic mass is 19.4. The summed E-state index contributed by atoms with van der Waals surface area (Å²) < 4.78 is 36.4. The molecule has 0 bridgehead atoms. The van der Waals surface area contributed by atoms with Crippen molar-refractivity contribution in [3.05, 3.63) is 0 Å². The number of halogens is 3. The molecule has 2 rings (SSSR count). The summed E-state index contributed by atoms with van der Waals surface area (Å²) >= 11 is 0. The number of likely N-dealkylation sites (tertiary alicyclic amines) is 1. The minimum absolute atomic E-state index is 0.257. The Morgan fingerprint density at radius 3 is 1.50 bits per heavy atom. The maximum absolute atomic E-state index is 12.1. The van der Waals surface area contributed by atoms with Gasteiger partial charge in [-0.1, -0.05) is 13.8 Å². The zero-order chi connectivity index (χ0) is 14.0. The van der Waals surface area contributed by atoms with E-state index in [-0.39, 0.29) is 5.92 Å². The molecule has 0 aromatic carbocycles. The van der Waals surface area contributed by atoms with E-state index in [1.54, 1.807) is 13.8 Å². The van der Waals surface area contributed by atoms with Gasteiger partial charge in [0, 0.05) is 6.04 Å². The minimum atomic E-state index is -3.97. The van der Waals surface area contributed by atoms with E-state index in [9.17, 15) is 13.2 Å². The Hall–Kier alpha value is -0.250. The Bertz CT molecular complexity index is 248. The highest BCUT2D eigenvalue weighted by molar-refractivity contribution is 5.00. The normalized spacial score (nSPS) is 23.2. The van der Waals surface area contributed by atoms with E-state index in [0.29, 0.717) is 12.8 Å². The first-order chi connectivity index (χ1) is 8.21. The molecule has 0 radical (unpaired) electrons. The molecule has 0 spiro atoms. The Kier molecular flexibility index (Phi) is 5.10. The van der Waals surface area contributed by atoms with Crippen LogP contribution in [0.2, 0.25) is 0 Å². The Morgan fingerprint density at radius 2 is 1.39 bits per heavy atom. The third kappa shape index (κ3) is 3.62. The van der Waals surface area contributed by atoms with E-state index in [1.807, 2.05) is 0 Å². The standard InChI is InChI=1S/C7H11F3.C7H15N/c1-5(2)6(3-4-6)7(8,9)10;1-7(2)8-5-3-4-6-8/h5H,3-4H2,1-2H3;7H,3-6H2,1-2H3. The van der Waals surface area contributed by atoms with Crippen LogP contribution in [0.25, 0.3) is 0 Å². The van der Waals surface area contributed by atoms with Crippen LogP contribution >= 0.6 is 0 Å². The van der Waals surface area contributed by atoms with E-state index in [4.69, 9.17) is 0 Å². The quantitative estimate of drug-likeness (QED) is 0.711. The van der Waals surface area contributed by atoms with Crippen LogP contribution in [0.4, 0.5) is 13.2 Å². The summed E-state index contributed by atoms with van der Waals surface area (Å²) in [4.78, 5) is 2.53. The maximum Gasteiger partial charge on any atom is 0.394 e.